The van der Waals surface area contributed by atoms with E-state index < -0.39 is 21.7 Å². The van der Waals surface area contributed by atoms with Gasteiger partial charge in [0.1, 0.15) is 0 Å². The Balaban J connectivity index is 1.96. The number of hydrogen-bond acceptors (Lipinski definition) is 6. The van der Waals surface area contributed by atoms with Crippen molar-refractivity contribution in [1.82, 2.24) is 0 Å². The molecular formula is C20H27N3O5S2. The number of carboxylic acids is 1. The van der Waals surface area contributed by atoms with Crippen molar-refractivity contribution in [2.75, 3.05) is 34.4 Å². The number of carbonyl (C=O) groups is 2. The number of thioether (sulfide) groups is 1. The van der Waals surface area contributed by atoms with Crippen molar-refractivity contribution in [1.29, 1.82) is 0 Å². The van der Waals surface area contributed by atoms with Crippen LogP contribution in [0.3, 0.4) is 0 Å². The summed E-state index contributed by atoms with van der Waals surface area (Å²) in [6.45, 7) is 7.90. The van der Waals surface area contributed by atoms with E-state index in [-0.39, 0.29) is 35.6 Å². The van der Waals surface area contributed by atoms with Crippen LogP contribution < -0.4 is 9.80 Å². The fraction of sp³-hybridized carbons (Fsp3) is 0.550. The Morgan fingerprint density at radius 1 is 1.23 bits per heavy atom. The zero-order valence-electron chi connectivity index (χ0n) is 17.4. The van der Waals surface area contributed by atoms with E-state index in [1.54, 1.807) is 0 Å². The van der Waals surface area contributed by atoms with E-state index in [1.807, 2.05) is 24.0 Å². The van der Waals surface area contributed by atoms with Crippen molar-refractivity contribution in [3.63, 3.8) is 0 Å². The van der Waals surface area contributed by atoms with Crippen LogP contribution in [0.2, 0.25) is 0 Å². The van der Waals surface area contributed by atoms with Crippen LogP contribution in [0.4, 0.5) is 11.4 Å². The molecule has 0 bridgehead atoms. The summed E-state index contributed by atoms with van der Waals surface area (Å²) >= 11 is 1.30. The summed E-state index contributed by atoms with van der Waals surface area (Å²) in [4.78, 5) is 31.2. The van der Waals surface area contributed by atoms with Crippen molar-refractivity contribution in [2.24, 2.45) is 4.99 Å². The van der Waals surface area contributed by atoms with Crippen LogP contribution in [0.25, 0.3) is 0 Å². The largest absolute Gasteiger partial charge is 0.481 e. The predicted octanol–water partition coefficient (Wildman–Crippen LogP) is 2.31. The van der Waals surface area contributed by atoms with Crippen LogP contribution in [0.15, 0.2) is 23.2 Å². The summed E-state index contributed by atoms with van der Waals surface area (Å²) in [7, 11) is -3.15. The molecule has 1 aromatic rings. The first-order valence-corrected chi connectivity index (χ1v) is 12.7. The van der Waals surface area contributed by atoms with Crippen LogP contribution in [0, 0.1) is 6.92 Å². The molecule has 2 atom stereocenters. The molecule has 30 heavy (non-hydrogen) atoms. The number of aliphatic imine (C=N–C) groups is 1. The second kappa shape index (κ2) is 8.97. The number of nitrogens with zero attached hydrogens (tertiary/aromatic N) is 3. The zero-order valence-corrected chi connectivity index (χ0v) is 19.0. The predicted molar refractivity (Wildman–Crippen MR) is 120 cm³/mol. The highest BCUT2D eigenvalue weighted by atomic mass is 32.2. The molecule has 1 amide bonds. The van der Waals surface area contributed by atoms with E-state index in [4.69, 9.17) is 5.11 Å². The van der Waals surface area contributed by atoms with Crippen molar-refractivity contribution < 1.29 is 23.1 Å². The number of hydrogen-bond donors (Lipinski definition) is 1. The van der Waals surface area contributed by atoms with Gasteiger partial charge in [-0.05, 0) is 44.5 Å². The lowest BCUT2D eigenvalue weighted by Crippen LogP contribution is -2.38. The van der Waals surface area contributed by atoms with Gasteiger partial charge < -0.3 is 14.9 Å². The summed E-state index contributed by atoms with van der Waals surface area (Å²) in [6, 6.07) is 5.73. The Kier molecular flexibility index (Phi) is 6.76. The number of carboxylic acid groups (broad SMARTS) is 1. The molecule has 0 radical (unpaired) electrons. The molecule has 2 saturated heterocycles. The average molecular weight is 454 g/mol. The molecule has 0 unspecified atom stereocenters. The molecular weight excluding hydrogens is 426 g/mol. The Labute approximate surface area is 181 Å². The molecule has 1 N–H and O–H groups in total. The Bertz CT molecular complexity index is 973. The van der Waals surface area contributed by atoms with E-state index in [0.29, 0.717) is 5.17 Å². The minimum absolute atomic E-state index is 0.0181. The third kappa shape index (κ3) is 4.80. The molecule has 2 fully saturated rings. The quantitative estimate of drug-likeness (QED) is 0.670. The molecule has 1 aromatic carbocycles. The van der Waals surface area contributed by atoms with Gasteiger partial charge in [-0.25, -0.2) is 8.42 Å². The fourth-order valence-electron chi connectivity index (χ4n) is 3.92. The molecule has 0 saturated carbocycles. The first-order chi connectivity index (χ1) is 14.1. The number of amides is 1. The Morgan fingerprint density at radius 2 is 1.93 bits per heavy atom. The van der Waals surface area contributed by atoms with Crippen molar-refractivity contribution in [2.45, 2.75) is 44.9 Å². The van der Waals surface area contributed by atoms with Crippen molar-refractivity contribution in [3.05, 3.63) is 23.8 Å². The maximum Gasteiger partial charge on any atom is 0.303 e. The van der Waals surface area contributed by atoms with E-state index in [1.165, 1.54) is 11.8 Å². The van der Waals surface area contributed by atoms with Gasteiger partial charge in [0, 0.05) is 36.1 Å². The number of carbonyl (C=O) groups excluding carboxylic acids is 1. The number of sulfone groups is 1. The van der Waals surface area contributed by atoms with Crippen LogP contribution in [0.1, 0.15) is 32.3 Å². The van der Waals surface area contributed by atoms with Gasteiger partial charge >= 0.3 is 5.97 Å². The van der Waals surface area contributed by atoms with Crippen molar-refractivity contribution in [3.8, 4) is 0 Å². The third-order valence-electron chi connectivity index (χ3n) is 5.41. The van der Waals surface area contributed by atoms with Gasteiger partial charge in [0.05, 0.1) is 24.0 Å². The smallest absolute Gasteiger partial charge is 0.303 e. The van der Waals surface area contributed by atoms with Gasteiger partial charge in [0.25, 0.3) is 0 Å². The topological polar surface area (TPSA) is 107 Å². The Hall–Kier alpha value is -2.07. The summed E-state index contributed by atoms with van der Waals surface area (Å²) < 4.78 is 24.4. The van der Waals surface area contributed by atoms with Crippen LogP contribution in [-0.2, 0) is 19.4 Å². The Morgan fingerprint density at radius 3 is 2.53 bits per heavy atom. The minimum atomic E-state index is -3.15. The maximum absolute atomic E-state index is 12.2. The highest BCUT2D eigenvalue weighted by molar-refractivity contribution is 8.16. The summed E-state index contributed by atoms with van der Waals surface area (Å²) in [5.74, 6) is -1.49. The van der Waals surface area contributed by atoms with E-state index in [0.717, 1.165) is 30.0 Å². The van der Waals surface area contributed by atoms with Gasteiger partial charge in [-0.1, -0.05) is 11.8 Å². The highest BCUT2D eigenvalue weighted by Crippen LogP contribution is 2.42. The number of rotatable bonds is 7. The number of anilines is 2. The molecule has 0 aliphatic carbocycles. The summed E-state index contributed by atoms with van der Waals surface area (Å²) in [6.07, 6.45) is -0.458. The lowest BCUT2D eigenvalue weighted by Gasteiger charge is -2.28. The number of benzene rings is 1. The molecule has 2 aliphatic rings. The van der Waals surface area contributed by atoms with Crippen molar-refractivity contribution >= 4 is 50.0 Å². The molecule has 8 nitrogen and oxygen atoms in total. The van der Waals surface area contributed by atoms with Gasteiger partial charge in [-0.2, -0.15) is 4.99 Å². The van der Waals surface area contributed by atoms with E-state index >= 15 is 0 Å². The molecule has 164 valence electrons. The van der Waals surface area contributed by atoms with Gasteiger partial charge in [-0.3, -0.25) is 9.59 Å². The lowest BCUT2D eigenvalue weighted by molar-refractivity contribution is -0.138. The average Bonchev–Trinajstić information content (AvgIpc) is 3.12. The zero-order chi connectivity index (χ0) is 22.1. The van der Waals surface area contributed by atoms with Gasteiger partial charge in [0.15, 0.2) is 15.0 Å². The van der Waals surface area contributed by atoms with Crippen LogP contribution in [-0.4, -0.2) is 66.5 Å². The van der Waals surface area contributed by atoms with E-state index in [2.05, 4.69) is 29.8 Å². The number of aryl methyl sites for hydroxylation is 1. The fourth-order valence-corrected chi connectivity index (χ4v) is 7.84. The van der Waals surface area contributed by atoms with Gasteiger partial charge in [0.2, 0.25) is 5.91 Å². The second-order valence-electron chi connectivity index (χ2n) is 7.50. The highest BCUT2D eigenvalue weighted by Gasteiger charge is 2.49. The molecule has 3 rings (SSSR count). The SMILES string of the molecule is CCN(CC)c1ccc(N2C(=NC(=O)CCC(=O)O)S[C@H]3CS(=O)(=O)C[C@@H]32)c(C)c1. The lowest BCUT2D eigenvalue weighted by atomic mass is 10.1. The third-order valence-corrected chi connectivity index (χ3v) is 8.62. The maximum atomic E-state index is 12.2. The monoisotopic (exact) mass is 453 g/mol. The van der Waals surface area contributed by atoms with E-state index in [9.17, 15) is 18.0 Å². The molecule has 2 heterocycles. The first-order valence-electron chi connectivity index (χ1n) is 10.0. The number of aliphatic carboxylic acids is 1. The van der Waals surface area contributed by atoms with Crippen LogP contribution >= 0.6 is 11.8 Å². The first kappa shape index (κ1) is 22.6. The summed E-state index contributed by atoms with van der Waals surface area (Å²) in [5.41, 5.74) is 2.88. The summed E-state index contributed by atoms with van der Waals surface area (Å²) in [5, 5.41) is 9.06. The molecule has 0 aromatic heterocycles. The van der Waals surface area contributed by atoms with Gasteiger partial charge in [-0.15, -0.1) is 0 Å². The number of fused-ring (bicyclic) bond motifs is 1. The standard InChI is InChI=1S/C20H27N3O5S2/c1-4-22(5-2)14-6-7-15(13(3)10-14)23-16-11-30(27,28)12-17(16)29-20(23)21-18(24)8-9-19(25)26/h6-7,10,16-17H,4-5,8-9,11-12H2,1-3H3,(H,25,26)/t16-,17-/m0/s1. The molecule has 2 aliphatic heterocycles. The van der Waals surface area contributed by atoms with Crippen LogP contribution in [0.5, 0.6) is 0 Å². The number of amidine groups is 1. The second-order valence-corrected chi connectivity index (χ2v) is 10.9. The normalized spacial score (nSPS) is 23.6. The molecule has 10 heteroatoms. The molecule has 0 spiro atoms. The minimum Gasteiger partial charge on any atom is -0.481 e.